The predicted octanol–water partition coefficient (Wildman–Crippen LogP) is 2.86. The van der Waals surface area contributed by atoms with Gasteiger partial charge in [-0.1, -0.05) is 0 Å². The SMILES string of the molecule is Cc1nc(C(=O)N2CCN(c3ccc(F)cc3)CC2)sc1C. The predicted molar refractivity (Wildman–Crippen MR) is 86.1 cm³/mol. The molecule has 2 heterocycles. The number of hydrogen-bond donors (Lipinski definition) is 0. The number of amides is 1. The molecule has 1 aromatic carbocycles. The van der Waals surface area contributed by atoms with Gasteiger partial charge in [0.2, 0.25) is 0 Å². The summed E-state index contributed by atoms with van der Waals surface area (Å²) < 4.78 is 13.0. The van der Waals surface area contributed by atoms with Gasteiger partial charge in [0.05, 0.1) is 5.69 Å². The molecule has 2 aromatic rings. The molecule has 0 bridgehead atoms. The highest BCUT2D eigenvalue weighted by Crippen LogP contribution is 2.21. The zero-order chi connectivity index (χ0) is 15.7. The summed E-state index contributed by atoms with van der Waals surface area (Å²) in [6.45, 7) is 6.73. The first-order valence-electron chi connectivity index (χ1n) is 7.28. The minimum absolute atomic E-state index is 0.0138. The summed E-state index contributed by atoms with van der Waals surface area (Å²) in [5, 5.41) is 0.574. The smallest absolute Gasteiger partial charge is 0.282 e. The fourth-order valence-corrected chi connectivity index (χ4v) is 3.40. The van der Waals surface area contributed by atoms with E-state index in [4.69, 9.17) is 0 Å². The maximum atomic E-state index is 13.0. The number of piperazine rings is 1. The highest BCUT2D eigenvalue weighted by Gasteiger charge is 2.24. The van der Waals surface area contributed by atoms with E-state index < -0.39 is 0 Å². The van der Waals surface area contributed by atoms with Crippen LogP contribution in [0, 0.1) is 19.7 Å². The number of hydrogen-bond acceptors (Lipinski definition) is 4. The number of rotatable bonds is 2. The van der Waals surface area contributed by atoms with Crippen LogP contribution < -0.4 is 4.90 Å². The summed E-state index contributed by atoms with van der Waals surface area (Å²) in [6, 6.07) is 6.49. The van der Waals surface area contributed by atoms with Crippen molar-refractivity contribution >= 4 is 22.9 Å². The van der Waals surface area contributed by atoms with Gasteiger partial charge >= 0.3 is 0 Å². The Labute approximate surface area is 133 Å². The molecule has 0 unspecified atom stereocenters. The van der Waals surface area contributed by atoms with Crippen molar-refractivity contribution in [3.05, 3.63) is 45.7 Å². The number of aryl methyl sites for hydroxylation is 2. The Morgan fingerprint density at radius 3 is 2.32 bits per heavy atom. The molecule has 0 aliphatic carbocycles. The molecule has 1 aliphatic heterocycles. The van der Waals surface area contributed by atoms with Crippen molar-refractivity contribution in [3.8, 4) is 0 Å². The van der Waals surface area contributed by atoms with Gasteiger partial charge in [-0.3, -0.25) is 4.79 Å². The van der Waals surface area contributed by atoms with Gasteiger partial charge in [-0.05, 0) is 38.1 Å². The molecule has 0 radical (unpaired) electrons. The van der Waals surface area contributed by atoms with Crippen LogP contribution in [0.25, 0.3) is 0 Å². The summed E-state index contributed by atoms with van der Waals surface area (Å²) in [7, 11) is 0. The Bertz CT molecular complexity index is 656. The van der Waals surface area contributed by atoms with Crippen LogP contribution in [0.15, 0.2) is 24.3 Å². The molecule has 22 heavy (non-hydrogen) atoms. The number of carbonyl (C=O) groups is 1. The molecule has 116 valence electrons. The molecule has 4 nitrogen and oxygen atoms in total. The standard InChI is InChI=1S/C16H18FN3OS/c1-11-12(2)22-15(18-11)16(21)20-9-7-19(8-10-20)14-5-3-13(17)4-6-14/h3-6H,7-10H2,1-2H3. The average molecular weight is 319 g/mol. The number of halogens is 1. The van der Waals surface area contributed by atoms with Gasteiger partial charge < -0.3 is 9.80 Å². The van der Waals surface area contributed by atoms with Gasteiger partial charge in [0.15, 0.2) is 5.01 Å². The summed E-state index contributed by atoms with van der Waals surface area (Å²) in [5.41, 5.74) is 1.92. The minimum Gasteiger partial charge on any atom is -0.368 e. The van der Waals surface area contributed by atoms with Crippen molar-refractivity contribution in [1.29, 1.82) is 0 Å². The molecule has 3 rings (SSSR count). The van der Waals surface area contributed by atoms with Crippen LogP contribution in [-0.2, 0) is 0 Å². The van der Waals surface area contributed by atoms with Crippen LogP contribution in [-0.4, -0.2) is 42.0 Å². The zero-order valence-electron chi connectivity index (χ0n) is 12.7. The van der Waals surface area contributed by atoms with E-state index in [0.717, 1.165) is 29.3 Å². The Morgan fingerprint density at radius 2 is 1.77 bits per heavy atom. The van der Waals surface area contributed by atoms with E-state index in [0.29, 0.717) is 18.1 Å². The second-order valence-electron chi connectivity index (χ2n) is 5.42. The third-order valence-electron chi connectivity index (χ3n) is 3.97. The first kappa shape index (κ1) is 15.0. The van der Waals surface area contributed by atoms with Crippen LogP contribution in [0.3, 0.4) is 0 Å². The number of benzene rings is 1. The van der Waals surface area contributed by atoms with E-state index in [1.807, 2.05) is 18.7 Å². The Morgan fingerprint density at radius 1 is 1.14 bits per heavy atom. The molecule has 1 aromatic heterocycles. The highest BCUT2D eigenvalue weighted by atomic mass is 32.1. The molecule has 0 saturated carbocycles. The molecule has 1 fully saturated rings. The van der Waals surface area contributed by atoms with Crippen molar-refractivity contribution in [2.75, 3.05) is 31.1 Å². The summed E-state index contributed by atoms with van der Waals surface area (Å²) >= 11 is 1.46. The van der Waals surface area contributed by atoms with Gasteiger partial charge in [0.1, 0.15) is 5.82 Å². The lowest BCUT2D eigenvalue weighted by atomic mass is 10.2. The van der Waals surface area contributed by atoms with Gasteiger partial charge in [0, 0.05) is 36.7 Å². The van der Waals surface area contributed by atoms with Crippen LogP contribution >= 0.6 is 11.3 Å². The van der Waals surface area contributed by atoms with E-state index >= 15 is 0 Å². The van der Waals surface area contributed by atoms with Gasteiger partial charge in [-0.15, -0.1) is 11.3 Å². The molecular formula is C16H18FN3OS. The van der Waals surface area contributed by atoms with Gasteiger partial charge in [0.25, 0.3) is 5.91 Å². The van der Waals surface area contributed by atoms with Crippen LogP contribution in [0.4, 0.5) is 10.1 Å². The van der Waals surface area contributed by atoms with Crippen molar-refractivity contribution in [2.24, 2.45) is 0 Å². The quantitative estimate of drug-likeness (QED) is 0.854. The van der Waals surface area contributed by atoms with Crippen molar-refractivity contribution in [2.45, 2.75) is 13.8 Å². The molecule has 0 N–H and O–H groups in total. The van der Waals surface area contributed by atoms with Crippen LogP contribution in [0.5, 0.6) is 0 Å². The van der Waals surface area contributed by atoms with Crippen molar-refractivity contribution in [3.63, 3.8) is 0 Å². The third-order valence-corrected chi connectivity index (χ3v) is 5.03. The topological polar surface area (TPSA) is 36.4 Å². The molecule has 6 heteroatoms. The fraction of sp³-hybridized carbons (Fsp3) is 0.375. The monoisotopic (exact) mass is 319 g/mol. The number of carbonyl (C=O) groups excluding carboxylic acids is 1. The van der Waals surface area contributed by atoms with Gasteiger partial charge in [-0.25, -0.2) is 9.37 Å². The molecule has 1 saturated heterocycles. The fourth-order valence-electron chi connectivity index (χ4n) is 2.52. The molecular weight excluding hydrogens is 301 g/mol. The normalized spacial score (nSPS) is 15.2. The maximum Gasteiger partial charge on any atom is 0.282 e. The Kier molecular flexibility index (Phi) is 4.11. The molecule has 0 atom stereocenters. The number of nitrogens with zero attached hydrogens (tertiary/aromatic N) is 3. The van der Waals surface area contributed by atoms with E-state index in [1.54, 1.807) is 12.1 Å². The van der Waals surface area contributed by atoms with Crippen molar-refractivity contribution < 1.29 is 9.18 Å². The van der Waals surface area contributed by atoms with Crippen LogP contribution in [0.2, 0.25) is 0 Å². The number of aromatic nitrogens is 1. The largest absolute Gasteiger partial charge is 0.368 e. The summed E-state index contributed by atoms with van der Waals surface area (Å²) in [5.74, 6) is -0.216. The summed E-state index contributed by atoms with van der Waals surface area (Å²) in [4.78, 5) is 21.9. The van der Waals surface area contributed by atoms with E-state index in [-0.39, 0.29) is 11.7 Å². The van der Waals surface area contributed by atoms with Gasteiger partial charge in [-0.2, -0.15) is 0 Å². The maximum absolute atomic E-state index is 13.0. The number of anilines is 1. The molecule has 1 amide bonds. The lowest BCUT2D eigenvalue weighted by Crippen LogP contribution is -2.48. The Balaban J connectivity index is 1.64. The third kappa shape index (κ3) is 2.97. The lowest BCUT2D eigenvalue weighted by Gasteiger charge is -2.35. The van der Waals surface area contributed by atoms with E-state index in [2.05, 4.69) is 9.88 Å². The zero-order valence-corrected chi connectivity index (χ0v) is 13.5. The molecule has 0 spiro atoms. The minimum atomic E-state index is -0.230. The first-order chi connectivity index (χ1) is 10.5. The van der Waals surface area contributed by atoms with E-state index in [1.165, 1.54) is 23.5 Å². The molecule has 1 aliphatic rings. The second kappa shape index (κ2) is 6.04. The first-order valence-corrected chi connectivity index (χ1v) is 8.10. The average Bonchev–Trinajstić information content (AvgIpc) is 2.87. The summed E-state index contributed by atoms with van der Waals surface area (Å²) in [6.07, 6.45) is 0. The Hall–Kier alpha value is -1.95. The second-order valence-corrected chi connectivity index (χ2v) is 6.62. The highest BCUT2D eigenvalue weighted by molar-refractivity contribution is 7.13. The van der Waals surface area contributed by atoms with Crippen molar-refractivity contribution in [1.82, 2.24) is 9.88 Å². The number of thiazole rings is 1. The lowest BCUT2D eigenvalue weighted by molar-refractivity contribution is 0.0746. The van der Waals surface area contributed by atoms with Crippen LogP contribution in [0.1, 0.15) is 20.4 Å². The van der Waals surface area contributed by atoms with E-state index in [9.17, 15) is 9.18 Å².